The Hall–Kier alpha value is -0.580. The maximum absolute atomic E-state index is 12.6. The fourth-order valence-electron chi connectivity index (χ4n) is 2.53. The van der Waals surface area contributed by atoms with E-state index < -0.39 is 15.1 Å². The van der Waals surface area contributed by atoms with Crippen molar-refractivity contribution >= 4 is 21.4 Å². The predicted octanol–water partition coefficient (Wildman–Crippen LogP) is 2.77. The number of hydrogen-bond acceptors (Lipinski definition) is 3. The molecule has 0 saturated heterocycles. The van der Waals surface area contributed by atoms with Gasteiger partial charge in [0, 0.05) is 6.04 Å². The van der Waals surface area contributed by atoms with E-state index in [1.807, 2.05) is 0 Å². The Kier molecular flexibility index (Phi) is 4.30. The number of rotatable bonds is 2. The highest BCUT2D eigenvalue weighted by Crippen LogP contribution is 2.30. The Labute approximate surface area is 113 Å². The van der Waals surface area contributed by atoms with Gasteiger partial charge in [-0.05, 0) is 25.0 Å². The van der Waals surface area contributed by atoms with Crippen molar-refractivity contribution in [3.63, 3.8) is 0 Å². The van der Waals surface area contributed by atoms with Gasteiger partial charge in [0.25, 0.3) is 0 Å². The fourth-order valence-corrected chi connectivity index (χ4v) is 4.99. The van der Waals surface area contributed by atoms with Gasteiger partial charge in [-0.3, -0.25) is 0 Å². The average Bonchev–Trinajstić information content (AvgIpc) is 2.54. The van der Waals surface area contributed by atoms with Gasteiger partial charge >= 0.3 is 0 Å². The molecule has 2 rings (SSSR count). The van der Waals surface area contributed by atoms with Crippen LogP contribution in [-0.2, 0) is 9.84 Å². The van der Waals surface area contributed by atoms with Crippen molar-refractivity contribution in [1.29, 1.82) is 0 Å². The fraction of sp³-hybridized carbons (Fsp3) is 0.538. The molecule has 1 aromatic carbocycles. The summed E-state index contributed by atoms with van der Waals surface area (Å²) >= 11 is 6.00. The summed E-state index contributed by atoms with van der Waals surface area (Å²) in [7, 11) is -3.42. The standard InChI is InChI=1S/C13H18ClNO2S/c14-10-6-4-5-8-12(10)18(16,17)13-9-3-1-2-7-11(13)15/h4-6,8,11,13H,1-3,7,9,15H2. The summed E-state index contributed by atoms with van der Waals surface area (Å²) < 4.78 is 25.2. The summed E-state index contributed by atoms with van der Waals surface area (Å²) in [6, 6.07) is 6.31. The van der Waals surface area contributed by atoms with Crippen LogP contribution in [0.4, 0.5) is 0 Å². The maximum atomic E-state index is 12.6. The molecule has 1 aromatic rings. The van der Waals surface area contributed by atoms with Crippen molar-refractivity contribution in [3.05, 3.63) is 29.3 Å². The van der Waals surface area contributed by atoms with Crippen LogP contribution in [0.3, 0.4) is 0 Å². The molecule has 0 spiro atoms. The third-order valence-corrected chi connectivity index (χ3v) is 6.34. The van der Waals surface area contributed by atoms with Gasteiger partial charge < -0.3 is 5.73 Å². The minimum Gasteiger partial charge on any atom is -0.327 e. The van der Waals surface area contributed by atoms with Gasteiger partial charge in [0.15, 0.2) is 9.84 Å². The molecule has 5 heteroatoms. The lowest BCUT2D eigenvalue weighted by Crippen LogP contribution is -2.39. The van der Waals surface area contributed by atoms with Gasteiger partial charge in [-0.2, -0.15) is 0 Å². The van der Waals surface area contributed by atoms with Crippen LogP contribution in [0.15, 0.2) is 29.2 Å². The summed E-state index contributed by atoms with van der Waals surface area (Å²) in [4.78, 5) is 0.217. The van der Waals surface area contributed by atoms with Gasteiger partial charge in [-0.25, -0.2) is 8.42 Å². The van der Waals surface area contributed by atoms with E-state index in [9.17, 15) is 8.42 Å². The highest BCUT2D eigenvalue weighted by Gasteiger charge is 2.34. The second kappa shape index (κ2) is 5.59. The van der Waals surface area contributed by atoms with Crippen molar-refractivity contribution < 1.29 is 8.42 Å². The van der Waals surface area contributed by atoms with E-state index in [-0.39, 0.29) is 16.0 Å². The predicted molar refractivity (Wildman–Crippen MR) is 73.5 cm³/mol. The van der Waals surface area contributed by atoms with E-state index in [4.69, 9.17) is 17.3 Å². The Morgan fingerprint density at radius 1 is 1.11 bits per heavy atom. The summed E-state index contributed by atoms with van der Waals surface area (Å²) in [5.74, 6) is 0. The van der Waals surface area contributed by atoms with Crippen LogP contribution in [0.2, 0.25) is 5.02 Å². The molecule has 1 fully saturated rings. The molecule has 100 valence electrons. The zero-order valence-electron chi connectivity index (χ0n) is 10.2. The monoisotopic (exact) mass is 287 g/mol. The molecule has 0 heterocycles. The molecule has 1 saturated carbocycles. The van der Waals surface area contributed by atoms with Crippen LogP contribution in [0, 0.1) is 0 Å². The zero-order chi connectivity index (χ0) is 13.2. The summed E-state index contributed by atoms with van der Waals surface area (Å²) in [6.45, 7) is 0. The minimum atomic E-state index is -3.42. The van der Waals surface area contributed by atoms with Crippen LogP contribution < -0.4 is 5.73 Å². The summed E-state index contributed by atoms with van der Waals surface area (Å²) in [5.41, 5.74) is 6.03. The Morgan fingerprint density at radius 3 is 2.50 bits per heavy atom. The Morgan fingerprint density at radius 2 is 1.78 bits per heavy atom. The highest BCUT2D eigenvalue weighted by atomic mass is 35.5. The number of sulfone groups is 1. The lowest BCUT2D eigenvalue weighted by Gasteiger charge is -2.22. The molecule has 0 radical (unpaired) electrons. The lowest BCUT2D eigenvalue weighted by molar-refractivity contribution is 0.531. The Bertz CT molecular complexity index is 515. The maximum Gasteiger partial charge on any atom is 0.184 e. The lowest BCUT2D eigenvalue weighted by atomic mass is 10.1. The first-order valence-corrected chi connectivity index (χ1v) is 8.20. The van der Waals surface area contributed by atoms with Gasteiger partial charge in [-0.1, -0.05) is 43.0 Å². The second-order valence-electron chi connectivity index (χ2n) is 4.82. The second-order valence-corrected chi connectivity index (χ2v) is 7.36. The van der Waals surface area contributed by atoms with E-state index in [1.165, 1.54) is 0 Å². The quantitative estimate of drug-likeness (QED) is 0.851. The van der Waals surface area contributed by atoms with E-state index in [0.29, 0.717) is 6.42 Å². The third-order valence-electron chi connectivity index (χ3n) is 3.55. The normalized spacial score (nSPS) is 25.7. The van der Waals surface area contributed by atoms with Gasteiger partial charge in [-0.15, -0.1) is 0 Å². The van der Waals surface area contributed by atoms with E-state index in [2.05, 4.69) is 0 Å². The van der Waals surface area contributed by atoms with Gasteiger partial charge in [0.2, 0.25) is 0 Å². The van der Waals surface area contributed by atoms with E-state index in [1.54, 1.807) is 24.3 Å². The number of benzene rings is 1. The first-order chi connectivity index (χ1) is 8.53. The summed E-state index contributed by atoms with van der Waals surface area (Å²) in [5, 5.41) is -0.214. The molecule has 0 aliphatic heterocycles. The van der Waals surface area contributed by atoms with Crippen molar-refractivity contribution in [3.8, 4) is 0 Å². The van der Waals surface area contributed by atoms with Crippen LogP contribution in [-0.4, -0.2) is 19.7 Å². The average molecular weight is 288 g/mol. The topological polar surface area (TPSA) is 60.2 Å². The number of halogens is 1. The van der Waals surface area contributed by atoms with Crippen molar-refractivity contribution in [1.82, 2.24) is 0 Å². The number of hydrogen-bond donors (Lipinski definition) is 1. The first-order valence-electron chi connectivity index (χ1n) is 6.27. The molecule has 2 N–H and O–H groups in total. The van der Waals surface area contributed by atoms with Crippen molar-refractivity contribution in [2.45, 2.75) is 48.3 Å². The molecule has 0 aromatic heterocycles. The Balaban J connectivity index is 2.38. The molecule has 3 nitrogen and oxygen atoms in total. The van der Waals surface area contributed by atoms with Crippen LogP contribution >= 0.6 is 11.6 Å². The molecule has 0 bridgehead atoms. The van der Waals surface area contributed by atoms with Gasteiger partial charge in [0.1, 0.15) is 0 Å². The van der Waals surface area contributed by atoms with Crippen LogP contribution in [0.5, 0.6) is 0 Å². The summed E-state index contributed by atoms with van der Waals surface area (Å²) in [6.07, 6.45) is 4.39. The highest BCUT2D eigenvalue weighted by molar-refractivity contribution is 7.92. The zero-order valence-corrected chi connectivity index (χ0v) is 11.8. The SMILES string of the molecule is NC1CCCCCC1S(=O)(=O)c1ccccc1Cl. The molecule has 1 aliphatic carbocycles. The molecule has 1 aliphatic rings. The van der Waals surface area contributed by atoms with Crippen molar-refractivity contribution in [2.24, 2.45) is 5.73 Å². The van der Waals surface area contributed by atoms with Crippen LogP contribution in [0.1, 0.15) is 32.1 Å². The van der Waals surface area contributed by atoms with Gasteiger partial charge in [0.05, 0.1) is 15.2 Å². The molecule has 2 unspecified atom stereocenters. The van der Waals surface area contributed by atoms with E-state index in [0.717, 1.165) is 25.7 Å². The molecule has 18 heavy (non-hydrogen) atoms. The molecule has 0 amide bonds. The smallest absolute Gasteiger partial charge is 0.184 e. The van der Waals surface area contributed by atoms with E-state index >= 15 is 0 Å². The molecular formula is C13H18ClNO2S. The minimum absolute atomic E-state index is 0.217. The third kappa shape index (κ3) is 2.71. The van der Waals surface area contributed by atoms with Crippen molar-refractivity contribution in [2.75, 3.05) is 0 Å². The number of nitrogens with two attached hydrogens (primary N) is 1. The molecular weight excluding hydrogens is 270 g/mol. The first kappa shape index (κ1) is 13.8. The molecule has 2 atom stereocenters. The van der Waals surface area contributed by atoms with Crippen LogP contribution in [0.25, 0.3) is 0 Å². The largest absolute Gasteiger partial charge is 0.327 e.